The van der Waals surface area contributed by atoms with E-state index in [4.69, 9.17) is 11.6 Å². The van der Waals surface area contributed by atoms with E-state index in [1.807, 2.05) is 31.2 Å². The van der Waals surface area contributed by atoms with Gasteiger partial charge in [0.2, 0.25) is 0 Å². The van der Waals surface area contributed by atoms with Crippen LogP contribution in [-0.4, -0.2) is 11.5 Å². The van der Waals surface area contributed by atoms with Gasteiger partial charge in [0.25, 0.3) is 0 Å². The molecule has 1 N–H and O–H groups in total. The van der Waals surface area contributed by atoms with Crippen molar-refractivity contribution in [2.24, 2.45) is 0 Å². The van der Waals surface area contributed by atoms with Gasteiger partial charge >= 0.3 is 0 Å². The lowest BCUT2D eigenvalue weighted by atomic mass is 10.0. The summed E-state index contributed by atoms with van der Waals surface area (Å²) in [4.78, 5) is 4.12. The lowest BCUT2D eigenvalue weighted by Gasteiger charge is -2.19. The van der Waals surface area contributed by atoms with E-state index in [2.05, 4.69) is 10.3 Å². The summed E-state index contributed by atoms with van der Waals surface area (Å²) < 4.78 is 12.9. The van der Waals surface area contributed by atoms with Gasteiger partial charge < -0.3 is 5.32 Å². The highest BCUT2D eigenvalue weighted by atomic mass is 35.5. The molecule has 0 spiro atoms. The van der Waals surface area contributed by atoms with Crippen LogP contribution in [0, 0.1) is 5.82 Å². The molecule has 94 valence electrons. The predicted molar refractivity (Wildman–Crippen MR) is 71.2 cm³/mol. The number of pyridine rings is 1. The quantitative estimate of drug-likeness (QED) is 0.913. The molecule has 0 aliphatic rings. The number of rotatable bonds is 4. The summed E-state index contributed by atoms with van der Waals surface area (Å²) in [6, 6.07) is 10.5. The maximum Gasteiger partial charge on any atom is 0.141 e. The van der Waals surface area contributed by atoms with Crippen molar-refractivity contribution in [3.63, 3.8) is 0 Å². The normalized spacial score (nSPS) is 12.4. The molecule has 0 aliphatic heterocycles. The molecule has 0 saturated carbocycles. The minimum Gasteiger partial charge on any atom is -0.305 e. The highest BCUT2D eigenvalue weighted by Crippen LogP contribution is 2.26. The molecule has 1 atom stereocenters. The fourth-order valence-electron chi connectivity index (χ4n) is 1.85. The van der Waals surface area contributed by atoms with Crippen LogP contribution in [0.15, 0.2) is 42.6 Å². The fourth-order valence-corrected chi connectivity index (χ4v) is 2.09. The van der Waals surface area contributed by atoms with Crippen LogP contribution in [0.5, 0.6) is 0 Å². The average Bonchev–Trinajstić information content (AvgIpc) is 2.38. The number of benzene rings is 1. The first-order chi connectivity index (χ1) is 8.72. The Balaban J connectivity index is 2.40. The van der Waals surface area contributed by atoms with Crippen molar-refractivity contribution in [2.75, 3.05) is 6.54 Å². The van der Waals surface area contributed by atoms with Crippen molar-refractivity contribution in [2.45, 2.75) is 13.0 Å². The molecule has 0 radical (unpaired) electrons. The zero-order chi connectivity index (χ0) is 13.0. The molecule has 18 heavy (non-hydrogen) atoms. The van der Waals surface area contributed by atoms with Gasteiger partial charge in [-0.1, -0.05) is 36.7 Å². The van der Waals surface area contributed by atoms with Gasteiger partial charge in [-0.3, -0.25) is 4.98 Å². The van der Waals surface area contributed by atoms with Crippen LogP contribution in [0.3, 0.4) is 0 Å². The van der Waals surface area contributed by atoms with E-state index >= 15 is 0 Å². The number of hydrogen-bond acceptors (Lipinski definition) is 2. The zero-order valence-corrected chi connectivity index (χ0v) is 10.8. The van der Waals surface area contributed by atoms with Gasteiger partial charge in [-0.05, 0) is 30.3 Å². The van der Waals surface area contributed by atoms with E-state index < -0.39 is 0 Å². The smallest absolute Gasteiger partial charge is 0.141 e. The Bertz CT molecular complexity index is 513. The van der Waals surface area contributed by atoms with E-state index in [0.717, 1.165) is 17.8 Å². The molecule has 0 bridgehead atoms. The second-order valence-corrected chi connectivity index (χ2v) is 4.32. The maximum absolute atomic E-state index is 12.9. The standard InChI is InChI=1S/C14H14ClFN2/c1-2-17-14(11-5-3-4-6-12(11)15)13-8-7-10(16)9-18-13/h3-9,14,17H,2H2,1H3. The van der Waals surface area contributed by atoms with Crippen molar-refractivity contribution in [3.05, 3.63) is 64.7 Å². The van der Waals surface area contributed by atoms with Gasteiger partial charge in [0.15, 0.2) is 0 Å². The van der Waals surface area contributed by atoms with Gasteiger partial charge in [-0.2, -0.15) is 0 Å². The van der Waals surface area contributed by atoms with Crippen LogP contribution in [0.4, 0.5) is 4.39 Å². The minimum atomic E-state index is -0.340. The first-order valence-electron chi connectivity index (χ1n) is 5.81. The number of aromatic nitrogens is 1. The topological polar surface area (TPSA) is 24.9 Å². The summed E-state index contributed by atoms with van der Waals surface area (Å²) >= 11 is 6.19. The van der Waals surface area contributed by atoms with Gasteiger partial charge in [0.05, 0.1) is 17.9 Å². The molecule has 2 nitrogen and oxygen atoms in total. The Hall–Kier alpha value is -1.45. The minimum absolute atomic E-state index is 0.121. The maximum atomic E-state index is 12.9. The van der Waals surface area contributed by atoms with Crippen molar-refractivity contribution >= 4 is 11.6 Å². The third-order valence-corrected chi connectivity index (χ3v) is 3.01. The molecule has 0 fully saturated rings. The van der Waals surface area contributed by atoms with Crippen LogP contribution >= 0.6 is 11.6 Å². The van der Waals surface area contributed by atoms with Gasteiger partial charge in [-0.15, -0.1) is 0 Å². The van der Waals surface area contributed by atoms with Crippen molar-refractivity contribution in [3.8, 4) is 0 Å². The molecule has 1 aromatic heterocycles. The van der Waals surface area contributed by atoms with Crippen LogP contribution in [0.25, 0.3) is 0 Å². The monoisotopic (exact) mass is 264 g/mol. The largest absolute Gasteiger partial charge is 0.305 e. The van der Waals surface area contributed by atoms with Crippen LogP contribution in [0.1, 0.15) is 24.2 Å². The molecule has 4 heteroatoms. The van der Waals surface area contributed by atoms with Crippen molar-refractivity contribution in [1.29, 1.82) is 0 Å². The van der Waals surface area contributed by atoms with Crippen LogP contribution in [-0.2, 0) is 0 Å². The number of nitrogens with zero attached hydrogens (tertiary/aromatic N) is 1. The Kier molecular flexibility index (Phi) is 4.28. The number of hydrogen-bond donors (Lipinski definition) is 1. The highest BCUT2D eigenvalue weighted by molar-refractivity contribution is 6.31. The third kappa shape index (κ3) is 2.86. The second-order valence-electron chi connectivity index (χ2n) is 3.91. The zero-order valence-electron chi connectivity index (χ0n) is 10.0. The molecule has 1 heterocycles. The lowest BCUT2D eigenvalue weighted by Crippen LogP contribution is -2.23. The Labute approximate surface area is 111 Å². The summed E-state index contributed by atoms with van der Waals surface area (Å²) in [7, 11) is 0. The van der Waals surface area contributed by atoms with Crippen LogP contribution in [0.2, 0.25) is 5.02 Å². The van der Waals surface area contributed by atoms with Gasteiger partial charge in [0.1, 0.15) is 5.82 Å². The summed E-state index contributed by atoms with van der Waals surface area (Å²) in [6.45, 7) is 2.78. The van der Waals surface area contributed by atoms with Gasteiger partial charge in [-0.25, -0.2) is 4.39 Å². The summed E-state index contributed by atoms with van der Waals surface area (Å²) in [6.07, 6.45) is 1.22. The number of halogens is 2. The fraction of sp³-hybridized carbons (Fsp3) is 0.214. The van der Waals surface area contributed by atoms with E-state index in [1.54, 1.807) is 6.07 Å². The molecular formula is C14H14ClFN2. The Morgan fingerprint density at radius 2 is 2.06 bits per heavy atom. The highest BCUT2D eigenvalue weighted by Gasteiger charge is 2.16. The summed E-state index contributed by atoms with van der Waals surface area (Å²) in [5.74, 6) is -0.340. The molecule has 0 aliphatic carbocycles. The molecule has 0 amide bonds. The van der Waals surface area contributed by atoms with Crippen molar-refractivity contribution < 1.29 is 4.39 Å². The summed E-state index contributed by atoms with van der Waals surface area (Å²) in [5.41, 5.74) is 1.70. The third-order valence-electron chi connectivity index (χ3n) is 2.67. The summed E-state index contributed by atoms with van der Waals surface area (Å²) in [5, 5.41) is 3.98. The Morgan fingerprint density at radius 3 is 2.67 bits per heavy atom. The lowest BCUT2D eigenvalue weighted by molar-refractivity contribution is 0.594. The predicted octanol–water partition coefficient (Wildman–Crippen LogP) is 3.57. The molecular weight excluding hydrogens is 251 g/mol. The van der Waals surface area contributed by atoms with E-state index in [-0.39, 0.29) is 11.9 Å². The first-order valence-corrected chi connectivity index (χ1v) is 6.19. The first kappa shape index (κ1) is 13.0. The van der Waals surface area contributed by atoms with E-state index in [9.17, 15) is 4.39 Å². The second kappa shape index (κ2) is 5.94. The van der Waals surface area contributed by atoms with Crippen LogP contribution < -0.4 is 5.32 Å². The molecule has 0 saturated heterocycles. The molecule has 2 aromatic rings. The molecule has 1 unspecified atom stereocenters. The van der Waals surface area contributed by atoms with Crippen molar-refractivity contribution in [1.82, 2.24) is 10.3 Å². The SMILES string of the molecule is CCNC(c1ccc(F)cn1)c1ccccc1Cl. The molecule has 1 aromatic carbocycles. The average molecular weight is 265 g/mol. The van der Waals surface area contributed by atoms with E-state index in [1.165, 1.54) is 12.3 Å². The molecule has 2 rings (SSSR count). The van der Waals surface area contributed by atoms with E-state index in [0.29, 0.717) is 5.02 Å². The number of nitrogens with one attached hydrogen (secondary N) is 1. The Morgan fingerprint density at radius 1 is 1.28 bits per heavy atom. The van der Waals surface area contributed by atoms with Gasteiger partial charge in [0, 0.05) is 5.02 Å².